The lowest BCUT2D eigenvalue weighted by molar-refractivity contribution is 0.0673. The molecule has 2 atom stereocenters. The van der Waals surface area contributed by atoms with Crippen molar-refractivity contribution < 1.29 is 14.7 Å². The van der Waals surface area contributed by atoms with Gasteiger partial charge in [0, 0.05) is 24.3 Å². The van der Waals surface area contributed by atoms with Gasteiger partial charge in [-0.3, -0.25) is 4.79 Å². The van der Waals surface area contributed by atoms with Crippen LogP contribution in [0, 0.1) is 5.92 Å². The zero-order valence-electron chi connectivity index (χ0n) is 11.6. The second kappa shape index (κ2) is 5.17. The summed E-state index contributed by atoms with van der Waals surface area (Å²) in [4.78, 5) is 25.0. The van der Waals surface area contributed by atoms with Crippen molar-refractivity contribution in [1.29, 1.82) is 0 Å². The highest BCUT2D eigenvalue weighted by atomic mass is 16.4. The molecule has 1 aliphatic rings. The molecule has 1 N–H and O–H groups in total. The van der Waals surface area contributed by atoms with Gasteiger partial charge in [0.25, 0.3) is 0 Å². The molecule has 5 nitrogen and oxygen atoms in total. The topological polar surface area (TPSA) is 62.5 Å². The molecule has 0 spiro atoms. The fourth-order valence-electron chi connectivity index (χ4n) is 2.87. The van der Waals surface area contributed by atoms with Crippen molar-refractivity contribution in [3.8, 4) is 0 Å². The summed E-state index contributed by atoms with van der Waals surface area (Å²) < 4.78 is 1.77. The van der Waals surface area contributed by atoms with Crippen LogP contribution in [0.5, 0.6) is 0 Å². The number of carbonyl (C=O) groups is 2. The van der Waals surface area contributed by atoms with Crippen molar-refractivity contribution in [3.05, 3.63) is 23.5 Å². The highest BCUT2D eigenvalue weighted by Gasteiger charge is 2.29. The van der Waals surface area contributed by atoms with E-state index in [2.05, 4.69) is 18.9 Å². The van der Waals surface area contributed by atoms with E-state index in [-0.39, 0.29) is 17.5 Å². The molecule has 1 saturated heterocycles. The fraction of sp³-hybridized carbons (Fsp3) is 0.571. The van der Waals surface area contributed by atoms with Crippen LogP contribution in [-0.2, 0) is 0 Å². The maximum Gasteiger partial charge on any atom is 0.352 e. The summed E-state index contributed by atoms with van der Waals surface area (Å²) in [6, 6.07) is 1.63. The van der Waals surface area contributed by atoms with Gasteiger partial charge in [0.15, 0.2) is 5.78 Å². The first kappa shape index (κ1) is 13.8. The second-order valence-electron chi connectivity index (χ2n) is 5.48. The molecular formula is C14H20N2O3. The minimum Gasteiger partial charge on any atom is -0.477 e. The molecule has 0 bridgehead atoms. The number of likely N-dealkylation sites (tertiary alicyclic amines) is 1. The number of hydrogen-bond donors (Lipinski definition) is 1. The van der Waals surface area contributed by atoms with E-state index < -0.39 is 5.97 Å². The number of ketones is 1. The zero-order chi connectivity index (χ0) is 14.2. The molecule has 104 valence electrons. The van der Waals surface area contributed by atoms with Crippen LogP contribution < -0.4 is 0 Å². The number of Topliss-reactive ketones (excluding diaryl/α,β-unsaturated/α-hetero) is 1. The summed E-state index contributed by atoms with van der Waals surface area (Å²) in [6.07, 6.45) is 2.60. The summed E-state index contributed by atoms with van der Waals surface area (Å²) in [5.74, 6) is -0.704. The van der Waals surface area contributed by atoms with E-state index in [4.69, 9.17) is 0 Å². The first-order valence-corrected chi connectivity index (χ1v) is 6.54. The summed E-state index contributed by atoms with van der Waals surface area (Å²) >= 11 is 0. The minimum atomic E-state index is -0.973. The van der Waals surface area contributed by atoms with Crippen molar-refractivity contribution in [2.24, 2.45) is 5.92 Å². The summed E-state index contributed by atoms with van der Waals surface area (Å²) in [5.41, 5.74) is 0.690. The van der Waals surface area contributed by atoms with E-state index in [0.717, 1.165) is 19.5 Å². The van der Waals surface area contributed by atoms with Gasteiger partial charge in [0.05, 0.1) is 0 Å². The molecule has 1 aromatic rings. The highest BCUT2D eigenvalue weighted by molar-refractivity contribution is 5.97. The molecule has 2 rings (SSSR count). The average Bonchev–Trinajstić information content (AvgIpc) is 2.73. The van der Waals surface area contributed by atoms with E-state index in [1.807, 2.05) is 0 Å². The number of aromatic nitrogens is 1. The minimum absolute atomic E-state index is 0.0955. The zero-order valence-corrected chi connectivity index (χ0v) is 11.6. The predicted octanol–water partition coefficient (Wildman–Crippen LogP) is 1.90. The second-order valence-corrected chi connectivity index (χ2v) is 5.48. The lowest BCUT2D eigenvalue weighted by Crippen LogP contribution is -2.38. The molecular weight excluding hydrogens is 244 g/mol. The molecule has 5 heteroatoms. The third-order valence-corrected chi connectivity index (χ3v) is 3.89. The van der Waals surface area contributed by atoms with E-state index in [0.29, 0.717) is 11.5 Å². The molecule has 2 unspecified atom stereocenters. The number of piperidine rings is 1. The Bertz CT molecular complexity index is 507. The number of rotatable bonds is 3. The molecule has 0 saturated carbocycles. The van der Waals surface area contributed by atoms with Crippen molar-refractivity contribution in [3.63, 3.8) is 0 Å². The van der Waals surface area contributed by atoms with E-state index >= 15 is 0 Å². The summed E-state index contributed by atoms with van der Waals surface area (Å²) in [5, 5.41) is 9.29. The Labute approximate surface area is 112 Å². The Balaban J connectivity index is 2.37. The van der Waals surface area contributed by atoms with Crippen LogP contribution >= 0.6 is 0 Å². The number of carbonyl (C=O) groups excluding carboxylic acids is 1. The van der Waals surface area contributed by atoms with Gasteiger partial charge in [-0.2, -0.15) is 0 Å². The van der Waals surface area contributed by atoms with Gasteiger partial charge in [-0.25, -0.2) is 4.79 Å². The number of carboxylic acids is 1. The first-order chi connectivity index (χ1) is 8.90. The number of hydrogen-bond acceptors (Lipinski definition) is 3. The van der Waals surface area contributed by atoms with Crippen LogP contribution in [0.3, 0.4) is 0 Å². The van der Waals surface area contributed by atoms with Crippen LogP contribution in [0.1, 0.15) is 47.2 Å². The number of carboxylic acid groups (broad SMARTS) is 1. The van der Waals surface area contributed by atoms with Crippen molar-refractivity contribution in [1.82, 2.24) is 9.47 Å². The van der Waals surface area contributed by atoms with E-state index in [1.165, 1.54) is 13.0 Å². The molecule has 1 fully saturated rings. The highest BCUT2D eigenvalue weighted by Crippen LogP contribution is 2.30. The van der Waals surface area contributed by atoms with Crippen LogP contribution in [0.2, 0.25) is 0 Å². The van der Waals surface area contributed by atoms with Crippen LogP contribution in [0.4, 0.5) is 0 Å². The van der Waals surface area contributed by atoms with Crippen molar-refractivity contribution in [2.75, 3.05) is 20.1 Å². The molecule has 0 radical (unpaired) electrons. The Hall–Kier alpha value is -1.62. The Morgan fingerprint density at radius 3 is 2.63 bits per heavy atom. The molecule has 0 amide bonds. The van der Waals surface area contributed by atoms with Gasteiger partial charge in [0.1, 0.15) is 5.69 Å². The van der Waals surface area contributed by atoms with Crippen LogP contribution in [0.15, 0.2) is 12.3 Å². The van der Waals surface area contributed by atoms with Crippen LogP contribution in [-0.4, -0.2) is 46.5 Å². The maximum absolute atomic E-state index is 11.4. The van der Waals surface area contributed by atoms with Gasteiger partial charge in [-0.1, -0.05) is 6.92 Å². The van der Waals surface area contributed by atoms with Gasteiger partial charge in [-0.05, 0) is 38.9 Å². The molecule has 2 heterocycles. The molecule has 1 aliphatic heterocycles. The third kappa shape index (κ3) is 2.71. The van der Waals surface area contributed by atoms with Crippen molar-refractivity contribution in [2.45, 2.75) is 26.3 Å². The summed E-state index contributed by atoms with van der Waals surface area (Å²) in [7, 11) is 2.07. The monoisotopic (exact) mass is 264 g/mol. The molecule has 19 heavy (non-hydrogen) atoms. The van der Waals surface area contributed by atoms with E-state index in [1.54, 1.807) is 10.8 Å². The summed E-state index contributed by atoms with van der Waals surface area (Å²) in [6.45, 7) is 5.47. The lowest BCUT2D eigenvalue weighted by Gasteiger charge is -2.36. The van der Waals surface area contributed by atoms with Gasteiger partial charge in [0.2, 0.25) is 0 Å². The molecule has 0 aromatic carbocycles. The average molecular weight is 264 g/mol. The predicted molar refractivity (Wildman–Crippen MR) is 71.7 cm³/mol. The third-order valence-electron chi connectivity index (χ3n) is 3.89. The van der Waals surface area contributed by atoms with Gasteiger partial charge in [-0.15, -0.1) is 0 Å². The van der Waals surface area contributed by atoms with Gasteiger partial charge < -0.3 is 14.6 Å². The SMILES string of the molecule is CC(=O)c1cc(C(=O)O)n(C2CCN(C)CC2C)c1. The number of nitrogens with zero attached hydrogens (tertiary/aromatic N) is 2. The van der Waals surface area contributed by atoms with Crippen LogP contribution in [0.25, 0.3) is 0 Å². The largest absolute Gasteiger partial charge is 0.477 e. The Kier molecular flexibility index (Phi) is 3.75. The number of aromatic carboxylic acids is 1. The first-order valence-electron chi connectivity index (χ1n) is 6.54. The Morgan fingerprint density at radius 2 is 2.11 bits per heavy atom. The lowest BCUT2D eigenvalue weighted by atomic mass is 9.94. The Morgan fingerprint density at radius 1 is 1.42 bits per heavy atom. The maximum atomic E-state index is 11.4. The van der Waals surface area contributed by atoms with Gasteiger partial charge >= 0.3 is 5.97 Å². The normalized spacial score (nSPS) is 24.4. The molecule has 0 aliphatic carbocycles. The van der Waals surface area contributed by atoms with E-state index in [9.17, 15) is 14.7 Å². The van der Waals surface area contributed by atoms with Crippen molar-refractivity contribution >= 4 is 11.8 Å². The smallest absolute Gasteiger partial charge is 0.352 e. The standard InChI is InChI=1S/C14H20N2O3/c1-9-7-15(3)5-4-12(9)16-8-11(10(2)17)6-13(16)14(18)19/h6,8-9,12H,4-5,7H2,1-3H3,(H,18,19). The fourth-order valence-corrected chi connectivity index (χ4v) is 2.87. The quantitative estimate of drug-likeness (QED) is 0.847. The molecule has 1 aromatic heterocycles.